The van der Waals surface area contributed by atoms with Crippen LogP contribution in [0.2, 0.25) is 0 Å². The predicted molar refractivity (Wildman–Crippen MR) is 128 cm³/mol. The molecule has 1 saturated carbocycles. The number of hydrogen-bond acceptors (Lipinski definition) is 6. The highest BCUT2D eigenvalue weighted by atomic mass is 32.2. The van der Waals surface area contributed by atoms with Gasteiger partial charge in [0.15, 0.2) is 5.82 Å². The fourth-order valence-corrected chi connectivity index (χ4v) is 5.07. The van der Waals surface area contributed by atoms with E-state index in [0.717, 1.165) is 10.6 Å². The molecule has 1 atom stereocenters. The normalized spacial score (nSPS) is 16.3. The van der Waals surface area contributed by atoms with Crippen molar-refractivity contribution < 1.29 is 17.4 Å². The third-order valence-electron chi connectivity index (χ3n) is 5.58. The Bertz CT molecular complexity index is 1450. The summed E-state index contributed by atoms with van der Waals surface area (Å²) in [5.74, 6) is 0.963. The maximum Gasteiger partial charge on any atom is 0.431 e. The van der Waals surface area contributed by atoms with Crippen molar-refractivity contribution in [3.05, 3.63) is 34.4 Å². The standard InChI is InChI=1S/C21H25F3N6O2S2/c1-6-33-15-9-12(27-34(5,32)28(2)3)11-25-17(15)19-26-14-10-16(21(22,23)24)30(13-7-8-13)20(31)18(14)29(19)4/h9-11,13H,6-8H2,1-5H3. The van der Waals surface area contributed by atoms with Crippen LogP contribution in [-0.4, -0.2) is 53.7 Å². The molecule has 3 aromatic heterocycles. The molecule has 3 heterocycles. The minimum absolute atomic E-state index is 0.0288. The van der Waals surface area contributed by atoms with Gasteiger partial charge in [0.1, 0.15) is 26.8 Å². The molecule has 1 aliphatic carbocycles. The zero-order valence-electron chi connectivity index (χ0n) is 19.4. The van der Waals surface area contributed by atoms with Crippen molar-refractivity contribution in [3.63, 3.8) is 0 Å². The maximum absolute atomic E-state index is 13.7. The van der Waals surface area contributed by atoms with E-state index in [1.54, 1.807) is 27.2 Å². The smallest absolute Gasteiger partial charge is 0.321 e. The number of aromatic nitrogens is 4. The van der Waals surface area contributed by atoms with Crippen LogP contribution in [0.1, 0.15) is 31.5 Å². The molecule has 8 nitrogen and oxygen atoms in total. The Morgan fingerprint density at radius 3 is 2.53 bits per heavy atom. The molecule has 184 valence electrons. The second-order valence-corrected chi connectivity index (χ2v) is 12.0. The highest BCUT2D eigenvalue weighted by molar-refractivity contribution is 7.99. The van der Waals surface area contributed by atoms with E-state index in [2.05, 4.69) is 14.3 Å². The average molecular weight is 515 g/mol. The van der Waals surface area contributed by atoms with E-state index in [4.69, 9.17) is 0 Å². The molecule has 3 aromatic rings. The fourth-order valence-electron chi connectivity index (χ4n) is 3.62. The minimum Gasteiger partial charge on any atom is -0.321 e. The summed E-state index contributed by atoms with van der Waals surface area (Å²) >= 11 is 1.45. The summed E-state index contributed by atoms with van der Waals surface area (Å²) in [6.45, 7) is 1.94. The van der Waals surface area contributed by atoms with Crippen LogP contribution in [0.5, 0.6) is 0 Å². The van der Waals surface area contributed by atoms with Crippen LogP contribution in [0.4, 0.5) is 18.9 Å². The fraction of sp³-hybridized carbons (Fsp3) is 0.476. The number of fused-ring (bicyclic) bond motifs is 1. The van der Waals surface area contributed by atoms with Gasteiger partial charge in [-0.15, -0.1) is 11.8 Å². The van der Waals surface area contributed by atoms with Crippen LogP contribution in [0.25, 0.3) is 22.6 Å². The maximum atomic E-state index is 13.7. The van der Waals surface area contributed by atoms with Gasteiger partial charge in [-0.3, -0.25) is 9.36 Å². The topological polar surface area (TPSA) is 85.4 Å². The van der Waals surface area contributed by atoms with Gasteiger partial charge in [0.25, 0.3) is 5.56 Å². The number of nitrogens with zero attached hydrogens (tertiary/aromatic N) is 6. The number of imidazole rings is 1. The lowest BCUT2D eigenvalue weighted by Gasteiger charge is -2.15. The average Bonchev–Trinajstić information content (AvgIpc) is 3.50. The molecular formula is C21H25F3N6O2S2. The van der Waals surface area contributed by atoms with Crippen molar-refractivity contribution in [2.24, 2.45) is 11.4 Å². The molecule has 1 fully saturated rings. The largest absolute Gasteiger partial charge is 0.431 e. The minimum atomic E-state index is -4.67. The third-order valence-corrected chi connectivity index (χ3v) is 8.40. The molecule has 34 heavy (non-hydrogen) atoms. The molecule has 0 amide bonds. The zero-order valence-corrected chi connectivity index (χ0v) is 21.0. The van der Waals surface area contributed by atoms with Crippen molar-refractivity contribution >= 4 is 38.4 Å². The van der Waals surface area contributed by atoms with Gasteiger partial charge in [-0.05, 0) is 30.7 Å². The van der Waals surface area contributed by atoms with Crippen molar-refractivity contribution in [1.29, 1.82) is 0 Å². The highest BCUT2D eigenvalue weighted by Crippen LogP contribution is 2.40. The molecule has 0 bridgehead atoms. The first-order chi connectivity index (χ1) is 15.8. The van der Waals surface area contributed by atoms with E-state index in [1.807, 2.05) is 6.92 Å². The number of hydrogen-bond donors (Lipinski definition) is 0. The Morgan fingerprint density at radius 1 is 1.29 bits per heavy atom. The van der Waals surface area contributed by atoms with Crippen molar-refractivity contribution in [2.75, 3.05) is 26.1 Å². The molecule has 1 aliphatic rings. The first-order valence-corrected chi connectivity index (χ1v) is 13.4. The number of rotatable bonds is 6. The van der Waals surface area contributed by atoms with Gasteiger partial charge >= 0.3 is 6.18 Å². The van der Waals surface area contributed by atoms with Gasteiger partial charge in [-0.1, -0.05) is 6.92 Å². The van der Waals surface area contributed by atoms with Crippen LogP contribution < -0.4 is 5.56 Å². The first kappa shape index (κ1) is 24.7. The van der Waals surface area contributed by atoms with Crippen LogP contribution in [-0.2, 0) is 23.1 Å². The summed E-state index contributed by atoms with van der Waals surface area (Å²) in [7, 11) is 2.30. The molecular weight excluding hydrogens is 489 g/mol. The lowest BCUT2D eigenvalue weighted by molar-refractivity contribution is -0.144. The summed E-state index contributed by atoms with van der Waals surface area (Å²) in [5, 5.41) is 0. The Kier molecular flexibility index (Phi) is 6.32. The van der Waals surface area contributed by atoms with Gasteiger partial charge in [-0.2, -0.15) is 17.5 Å². The molecule has 0 spiro atoms. The van der Waals surface area contributed by atoms with Gasteiger partial charge in [0.2, 0.25) is 0 Å². The number of alkyl halides is 3. The SMILES string of the molecule is CCSc1cc(N=S(C)(=O)N(C)C)cnc1-c1nc2cc(C(F)(F)F)n(C3CC3)c(=O)c2n1C. The monoisotopic (exact) mass is 514 g/mol. The number of pyridine rings is 2. The first-order valence-electron chi connectivity index (χ1n) is 10.6. The van der Waals surface area contributed by atoms with E-state index in [9.17, 15) is 22.2 Å². The molecule has 13 heteroatoms. The molecule has 0 aromatic carbocycles. The molecule has 0 aliphatic heterocycles. The molecule has 0 saturated heterocycles. The Labute approximate surface area is 199 Å². The second kappa shape index (κ2) is 8.68. The lowest BCUT2D eigenvalue weighted by Crippen LogP contribution is -2.28. The summed E-state index contributed by atoms with van der Waals surface area (Å²) in [4.78, 5) is 22.7. The van der Waals surface area contributed by atoms with E-state index >= 15 is 0 Å². The number of halogens is 3. The Hall–Kier alpha value is -2.38. The quantitative estimate of drug-likeness (QED) is 0.453. The second-order valence-electron chi connectivity index (χ2n) is 8.30. The Balaban J connectivity index is 1.93. The van der Waals surface area contributed by atoms with Crippen LogP contribution in [0.3, 0.4) is 0 Å². The summed E-state index contributed by atoms with van der Waals surface area (Å²) < 4.78 is 62.0. The van der Waals surface area contributed by atoms with Crippen molar-refractivity contribution in [2.45, 2.75) is 36.9 Å². The van der Waals surface area contributed by atoms with Crippen molar-refractivity contribution in [3.8, 4) is 11.5 Å². The Morgan fingerprint density at radius 2 is 1.97 bits per heavy atom. The summed E-state index contributed by atoms with van der Waals surface area (Å²) in [5.41, 5.74) is -0.788. The van der Waals surface area contributed by atoms with E-state index in [1.165, 1.54) is 33.1 Å². The van der Waals surface area contributed by atoms with Crippen LogP contribution in [0.15, 0.2) is 32.4 Å². The molecule has 4 rings (SSSR count). The van der Waals surface area contributed by atoms with E-state index < -0.39 is 33.4 Å². The lowest BCUT2D eigenvalue weighted by atomic mass is 10.2. The van der Waals surface area contributed by atoms with Gasteiger partial charge in [-0.25, -0.2) is 18.5 Å². The van der Waals surface area contributed by atoms with Gasteiger partial charge in [0.05, 0.1) is 17.4 Å². The molecule has 0 radical (unpaired) electrons. The van der Waals surface area contributed by atoms with Gasteiger partial charge in [0, 0.05) is 38.3 Å². The predicted octanol–water partition coefficient (Wildman–Crippen LogP) is 4.47. The summed E-state index contributed by atoms with van der Waals surface area (Å²) in [6.07, 6.45) is -0.627. The third kappa shape index (κ3) is 4.48. The number of thioether (sulfide) groups is 1. The van der Waals surface area contributed by atoms with Crippen LogP contribution >= 0.6 is 11.8 Å². The molecule has 0 N–H and O–H groups in total. The molecule has 1 unspecified atom stereocenters. The summed E-state index contributed by atoms with van der Waals surface area (Å²) in [6, 6.07) is 2.22. The van der Waals surface area contributed by atoms with E-state index in [-0.39, 0.29) is 16.9 Å². The van der Waals surface area contributed by atoms with Gasteiger partial charge < -0.3 is 4.57 Å². The van der Waals surface area contributed by atoms with E-state index in [0.29, 0.717) is 34.9 Å². The number of aryl methyl sites for hydroxylation is 1. The van der Waals surface area contributed by atoms with Crippen LogP contribution in [0, 0.1) is 0 Å². The highest BCUT2D eigenvalue weighted by Gasteiger charge is 2.40. The van der Waals surface area contributed by atoms with Crippen molar-refractivity contribution in [1.82, 2.24) is 23.4 Å². The zero-order chi connectivity index (χ0) is 25.0.